The number of hydrogen-bond acceptors (Lipinski definition) is 5. The molecule has 0 amide bonds. The number of benzene rings is 1. The van der Waals surface area contributed by atoms with Crippen LogP contribution in [-0.4, -0.2) is 22.6 Å². The average molecular weight is 334 g/mol. The molecular weight excluding hydrogens is 321 g/mol. The van der Waals surface area contributed by atoms with E-state index in [1.807, 2.05) is 0 Å². The summed E-state index contributed by atoms with van der Waals surface area (Å²) in [6.45, 7) is 0.292. The van der Waals surface area contributed by atoms with Crippen LogP contribution in [0.4, 0.5) is 5.69 Å². The Kier molecular flexibility index (Phi) is 4.43. The maximum absolute atomic E-state index is 10.7. The summed E-state index contributed by atoms with van der Waals surface area (Å²) in [4.78, 5) is 10.1. The van der Waals surface area contributed by atoms with Gasteiger partial charge in [0.05, 0.1) is 21.6 Å². The molecule has 3 N–H and O–H groups in total. The van der Waals surface area contributed by atoms with Crippen molar-refractivity contribution >= 4 is 34.7 Å². The van der Waals surface area contributed by atoms with Crippen molar-refractivity contribution < 1.29 is 14.9 Å². The largest absolute Gasteiger partial charge is 0.490 e. The van der Waals surface area contributed by atoms with Gasteiger partial charge in [0.1, 0.15) is 5.84 Å². The Labute approximate surface area is 130 Å². The molecule has 1 aromatic carbocycles. The minimum atomic E-state index is -0.581. The van der Waals surface area contributed by atoms with Gasteiger partial charge >= 0.3 is 0 Å². The van der Waals surface area contributed by atoms with Crippen molar-refractivity contribution in [2.45, 2.75) is 19.3 Å². The van der Waals surface area contributed by atoms with Gasteiger partial charge in [-0.1, -0.05) is 28.4 Å². The van der Waals surface area contributed by atoms with E-state index in [0.717, 1.165) is 12.8 Å². The lowest BCUT2D eigenvalue weighted by atomic mass is 10.0. The van der Waals surface area contributed by atoms with E-state index in [9.17, 15) is 10.1 Å². The minimum Gasteiger partial charge on any atom is -0.490 e. The topological polar surface area (TPSA) is 111 Å². The summed E-state index contributed by atoms with van der Waals surface area (Å²) in [5.41, 5.74) is 5.11. The van der Waals surface area contributed by atoms with Crippen molar-refractivity contribution in [3.05, 3.63) is 32.3 Å². The van der Waals surface area contributed by atoms with Gasteiger partial charge in [-0.15, -0.1) is 0 Å². The third-order valence-electron chi connectivity index (χ3n) is 3.36. The molecule has 1 fully saturated rings. The van der Waals surface area contributed by atoms with Gasteiger partial charge in [0.25, 0.3) is 5.69 Å². The summed E-state index contributed by atoms with van der Waals surface area (Å²) in [5, 5.41) is 22.4. The van der Waals surface area contributed by atoms with E-state index in [4.69, 9.17) is 38.9 Å². The molecule has 1 aliphatic carbocycles. The predicted molar refractivity (Wildman–Crippen MR) is 78.3 cm³/mol. The van der Waals surface area contributed by atoms with Gasteiger partial charge in [0.15, 0.2) is 5.75 Å². The van der Waals surface area contributed by atoms with Crippen molar-refractivity contribution in [2.75, 3.05) is 6.61 Å². The second-order valence-corrected chi connectivity index (χ2v) is 5.87. The van der Waals surface area contributed by atoms with E-state index in [2.05, 4.69) is 5.16 Å². The summed E-state index contributed by atoms with van der Waals surface area (Å²) in [5.74, 6) is 0.340. The normalized spacial score (nSPS) is 16.6. The van der Waals surface area contributed by atoms with Crippen LogP contribution in [0.1, 0.15) is 19.3 Å². The summed E-state index contributed by atoms with van der Waals surface area (Å²) < 4.78 is 5.60. The molecule has 2 rings (SSSR count). The number of oxime groups is 1. The summed E-state index contributed by atoms with van der Waals surface area (Å²) in [6.07, 6.45) is 2.17. The zero-order chi connectivity index (χ0) is 15.6. The molecule has 0 radical (unpaired) electrons. The number of amidine groups is 1. The second kappa shape index (κ2) is 5.95. The number of nitrogens with two attached hydrogens (primary N) is 1. The quantitative estimate of drug-likeness (QED) is 0.273. The Balaban J connectivity index is 2.09. The van der Waals surface area contributed by atoms with Crippen LogP contribution >= 0.6 is 23.2 Å². The number of nitro benzene ring substituents is 1. The Morgan fingerprint density at radius 1 is 1.48 bits per heavy atom. The molecule has 7 nitrogen and oxygen atoms in total. The predicted octanol–water partition coefficient (Wildman–Crippen LogP) is 3.20. The van der Waals surface area contributed by atoms with Crippen LogP contribution in [0.2, 0.25) is 10.0 Å². The van der Waals surface area contributed by atoms with E-state index >= 15 is 0 Å². The minimum absolute atomic E-state index is 0.0776. The van der Waals surface area contributed by atoms with Gasteiger partial charge in [-0.3, -0.25) is 10.1 Å². The Bertz CT molecular complexity index is 579. The van der Waals surface area contributed by atoms with Crippen LogP contribution in [0.25, 0.3) is 0 Å². The van der Waals surface area contributed by atoms with Gasteiger partial charge in [-0.25, -0.2) is 0 Å². The molecule has 114 valence electrons. The highest BCUT2D eigenvalue weighted by atomic mass is 35.5. The first kappa shape index (κ1) is 15.7. The summed E-state index contributed by atoms with van der Waals surface area (Å²) in [7, 11) is 0. The fraction of sp³-hybridized carbons (Fsp3) is 0.417. The molecular formula is C12H13Cl2N3O4. The number of nitro groups is 1. The fourth-order valence-electron chi connectivity index (χ4n) is 1.98. The van der Waals surface area contributed by atoms with E-state index in [1.54, 1.807) is 0 Å². The molecule has 0 aromatic heterocycles. The molecule has 1 aliphatic rings. The molecule has 21 heavy (non-hydrogen) atoms. The van der Waals surface area contributed by atoms with Crippen molar-refractivity contribution in [3.63, 3.8) is 0 Å². The molecule has 0 atom stereocenters. The first-order valence-corrected chi connectivity index (χ1v) is 6.85. The standard InChI is InChI=1S/C12H13Cl2N3O4/c13-8-3-7(17(19)20)4-9(14)11(8)21-6-12(1-2-12)5-10(15)16-18/h3-4,18H,1-2,5-6H2,(H2,15,16). The fourth-order valence-corrected chi connectivity index (χ4v) is 2.57. The lowest BCUT2D eigenvalue weighted by Crippen LogP contribution is -2.22. The summed E-state index contributed by atoms with van der Waals surface area (Å²) in [6, 6.07) is 2.37. The van der Waals surface area contributed by atoms with Crippen molar-refractivity contribution in [1.29, 1.82) is 0 Å². The van der Waals surface area contributed by atoms with E-state index in [-0.39, 0.29) is 32.7 Å². The van der Waals surface area contributed by atoms with Crippen LogP contribution in [0.5, 0.6) is 5.75 Å². The molecule has 0 saturated heterocycles. The van der Waals surface area contributed by atoms with E-state index in [1.165, 1.54) is 12.1 Å². The number of hydrogen-bond donors (Lipinski definition) is 2. The Hall–Kier alpha value is -1.73. The number of ether oxygens (including phenoxy) is 1. The van der Waals surface area contributed by atoms with Crippen molar-refractivity contribution in [3.8, 4) is 5.75 Å². The Morgan fingerprint density at radius 3 is 2.48 bits per heavy atom. The third-order valence-corrected chi connectivity index (χ3v) is 3.92. The van der Waals surface area contributed by atoms with Gasteiger partial charge in [-0.05, 0) is 12.8 Å². The van der Waals surface area contributed by atoms with Crippen LogP contribution in [-0.2, 0) is 0 Å². The second-order valence-electron chi connectivity index (χ2n) is 5.05. The SMILES string of the molecule is NC(CC1(COc2c(Cl)cc([N+](=O)[O-])cc2Cl)CC1)=NO. The lowest BCUT2D eigenvalue weighted by molar-refractivity contribution is -0.384. The molecule has 1 saturated carbocycles. The van der Waals surface area contributed by atoms with E-state index in [0.29, 0.717) is 13.0 Å². The van der Waals surface area contributed by atoms with Crippen molar-refractivity contribution in [2.24, 2.45) is 16.3 Å². The van der Waals surface area contributed by atoms with Crippen LogP contribution in [0.15, 0.2) is 17.3 Å². The molecule has 0 bridgehead atoms. The first-order chi connectivity index (χ1) is 9.87. The zero-order valence-electron chi connectivity index (χ0n) is 10.9. The molecule has 0 heterocycles. The zero-order valence-corrected chi connectivity index (χ0v) is 12.4. The van der Waals surface area contributed by atoms with Gasteiger partial charge in [-0.2, -0.15) is 0 Å². The van der Waals surface area contributed by atoms with Crippen LogP contribution < -0.4 is 10.5 Å². The number of nitrogens with zero attached hydrogens (tertiary/aromatic N) is 2. The molecule has 1 aromatic rings. The van der Waals surface area contributed by atoms with Gasteiger partial charge < -0.3 is 15.7 Å². The monoisotopic (exact) mass is 333 g/mol. The molecule has 0 spiro atoms. The highest BCUT2D eigenvalue weighted by Gasteiger charge is 2.44. The van der Waals surface area contributed by atoms with Gasteiger partial charge in [0, 0.05) is 24.0 Å². The summed E-state index contributed by atoms with van der Waals surface area (Å²) >= 11 is 11.9. The number of non-ortho nitro benzene ring substituents is 1. The average Bonchev–Trinajstić information content (AvgIpc) is 3.17. The van der Waals surface area contributed by atoms with Gasteiger partial charge in [0.2, 0.25) is 0 Å². The Morgan fingerprint density at radius 2 is 2.05 bits per heavy atom. The molecule has 9 heteroatoms. The van der Waals surface area contributed by atoms with Crippen LogP contribution in [0.3, 0.4) is 0 Å². The molecule has 0 unspecified atom stereocenters. The number of rotatable bonds is 6. The van der Waals surface area contributed by atoms with E-state index < -0.39 is 4.92 Å². The highest BCUT2D eigenvalue weighted by Crippen LogP contribution is 2.50. The highest BCUT2D eigenvalue weighted by molar-refractivity contribution is 6.37. The van der Waals surface area contributed by atoms with Crippen LogP contribution in [0, 0.1) is 15.5 Å². The first-order valence-electron chi connectivity index (χ1n) is 6.09. The van der Waals surface area contributed by atoms with Crippen molar-refractivity contribution in [1.82, 2.24) is 0 Å². The third kappa shape index (κ3) is 3.68. The maximum Gasteiger partial charge on any atom is 0.272 e. The maximum atomic E-state index is 10.7. The molecule has 0 aliphatic heterocycles. The lowest BCUT2D eigenvalue weighted by Gasteiger charge is -2.16. The smallest absolute Gasteiger partial charge is 0.272 e. The number of halogens is 2.